The molecule has 0 amide bonds. The van der Waals surface area contributed by atoms with Gasteiger partial charge >= 0.3 is 0 Å². The van der Waals surface area contributed by atoms with Crippen LogP contribution in [0.1, 0.15) is 5.56 Å². The van der Waals surface area contributed by atoms with Crippen molar-refractivity contribution >= 4 is 21.3 Å². The van der Waals surface area contributed by atoms with E-state index in [2.05, 4.69) is 74.8 Å². The molecule has 0 atom stereocenters. The molecule has 0 unspecified atom stereocenters. The summed E-state index contributed by atoms with van der Waals surface area (Å²) in [5.74, 6) is 0. The van der Waals surface area contributed by atoms with Crippen molar-refractivity contribution in [1.29, 1.82) is 0 Å². The third-order valence-electron chi connectivity index (χ3n) is 3.43. The van der Waals surface area contributed by atoms with Crippen LogP contribution in [0.2, 0.25) is 32.7 Å². The van der Waals surface area contributed by atoms with Crippen molar-refractivity contribution in [2.45, 2.75) is 32.7 Å². The van der Waals surface area contributed by atoms with E-state index in [0.29, 0.717) is 0 Å². The molecule has 1 aromatic rings. The van der Waals surface area contributed by atoms with Gasteiger partial charge < -0.3 is 0 Å². The first-order valence-electron chi connectivity index (χ1n) is 5.57. The van der Waals surface area contributed by atoms with E-state index in [-0.39, 0.29) is 0 Å². The van der Waals surface area contributed by atoms with Crippen molar-refractivity contribution in [1.82, 2.24) is 0 Å². The Morgan fingerprint density at radius 2 is 1.40 bits per heavy atom. The Bertz CT molecular complexity index is 331. The first-order valence-corrected chi connectivity index (χ1v) is 13.1. The van der Waals surface area contributed by atoms with Gasteiger partial charge in [0.2, 0.25) is 0 Å². The Morgan fingerprint density at radius 3 is 1.87 bits per heavy atom. The van der Waals surface area contributed by atoms with Crippen LogP contribution in [0.5, 0.6) is 0 Å². The highest BCUT2D eigenvalue weighted by Crippen LogP contribution is 2.20. The van der Waals surface area contributed by atoms with Gasteiger partial charge in [0.1, 0.15) is 0 Å². The van der Waals surface area contributed by atoms with Gasteiger partial charge in [-0.05, 0) is 5.56 Å². The first-order chi connectivity index (χ1) is 6.83. The average molecular weight is 234 g/mol. The van der Waals surface area contributed by atoms with Gasteiger partial charge in [0.15, 0.2) is 0 Å². The summed E-state index contributed by atoms with van der Waals surface area (Å²) < 4.78 is 0. The minimum Gasteiger partial charge on any atom is -0.0965 e. The molecular formula is C13H22Si2. The van der Waals surface area contributed by atoms with Crippen LogP contribution in [0.3, 0.4) is 0 Å². The zero-order chi connectivity index (χ0) is 11.5. The van der Waals surface area contributed by atoms with Gasteiger partial charge in [-0.2, -0.15) is 0 Å². The lowest BCUT2D eigenvalue weighted by Gasteiger charge is -2.32. The van der Waals surface area contributed by atoms with E-state index in [0.717, 1.165) is 0 Å². The SMILES string of the molecule is C[Si](C)(C)[Si](C)(C)C=Cc1ccccc1. The fraction of sp³-hybridized carbons (Fsp3) is 0.385. The van der Waals surface area contributed by atoms with Crippen LogP contribution in [0.4, 0.5) is 0 Å². The van der Waals surface area contributed by atoms with Gasteiger partial charge in [-0.15, -0.1) is 0 Å². The normalized spacial score (nSPS) is 13.4. The topological polar surface area (TPSA) is 0 Å². The van der Waals surface area contributed by atoms with Crippen LogP contribution >= 0.6 is 0 Å². The summed E-state index contributed by atoms with van der Waals surface area (Å²) >= 11 is 0. The fourth-order valence-corrected chi connectivity index (χ4v) is 3.98. The van der Waals surface area contributed by atoms with E-state index < -0.39 is 15.2 Å². The summed E-state index contributed by atoms with van der Waals surface area (Å²) in [6, 6.07) is 10.6. The molecule has 0 spiro atoms. The summed E-state index contributed by atoms with van der Waals surface area (Å²) in [4.78, 5) is 0. The lowest BCUT2D eigenvalue weighted by molar-refractivity contribution is 1.66. The molecule has 0 saturated heterocycles. The average Bonchev–Trinajstić information content (AvgIpc) is 2.15. The summed E-state index contributed by atoms with van der Waals surface area (Å²) in [6.45, 7) is 12.4. The molecule has 0 fully saturated rings. The van der Waals surface area contributed by atoms with Crippen molar-refractivity contribution in [2.24, 2.45) is 0 Å². The molecule has 0 aliphatic heterocycles. The molecule has 82 valence electrons. The molecule has 0 saturated carbocycles. The fourth-order valence-electron chi connectivity index (χ4n) is 1.12. The lowest BCUT2D eigenvalue weighted by Crippen LogP contribution is -2.50. The van der Waals surface area contributed by atoms with Gasteiger partial charge in [0.05, 0.1) is 7.59 Å². The van der Waals surface area contributed by atoms with Crippen LogP contribution in [0.15, 0.2) is 36.0 Å². The van der Waals surface area contributed by atoms with E-state index in [9.17, 15) is 0 Å². The molecule has 0 bridgehead atoms. The lowest BCUT2D eigenvalue weighted by atomic mass is 10.2. The summed E-state index contributed by atoms with van der Waals surface area (Å²) in [7, 11) is -2.12. The molecule has 0 aliphatic carbocycles. The Labute approximate surface area is 95.8 Å². The highest BCUT2D eigenvalue weighted by molar-refractivity contribution is 7.42. The van der Waals surface area contributed by atoms with Crippen LogP contribution in [-0.2, 0) is 0 Å². The minimum atomic E-state index is -1.13. The predicted octanol–water partition coefficient (Wildman–Crippen LogP) is 4.36. The van der Waals surface area contributed by atoms with Crippen molar-refractivity contribution in [3.05, 3.63) is 41.6 Å². The molecule has 15 heavy (non-hydrogen) atoms. The van der Waals surface area contributed by atoms with E-state index in [1.807, 2.05) is 0 Å². The van der Waals surface area contributed by atoms with E-state index in [1.54, 1.807) is 0 Å². The maximum atomic E-state index is 2.51. The minimum absolute atomic E-state index is 0.987. The largest absolute Gasteiger partial charge is 0.0965 e. The van der Waals surface area contributed by atoms with E-state index in [1.165, 1.54) is 5.56 Å². The molecule has 2 heteroatoms. The standard InChI is InChI=1S/C13H22Si2/c1-14(2,3)15(4,5)12-11-13-9-7-6-8-10-13/h6-12H,1-5H3. The number of hydrogen-bond donors (Lipinski definition) is 0. The highest BCUT2D eigenvalue weighted by Gasteiger charge is 2.33. The predicted molar refractivity (Wildman–Crippen MR) is 76.3 cm³/mol. The molecule has 0 aliphatic rings. The summed E-state index contributed by atoms with van der Waals surface area (Å²) in [5.41, 5.74) is 3.84. The number of hydrogen-bond acceptors (Lipinski definition) is 0. The zero-order valence-corrected chi connectivity index (χ0v) is 12.5. The number of rotatable bonds is 3. The summed E-state index contributed by atoms with van der Waals surface area (Å²) in [6.07, 6.45) is 2.31. The molecule has 1 aromatic carbocycles. The van der Waals surface area contributed by atoms with Gasteiger partial charge in [-0.1, -0.05) is 74.8 Å². The van der Waals surface area contributed by atoms with Crippen LogP contribution in [-0.4, -0.2) is 15.2 Å². The van der Waals surface area contributed by atoms with Gasteiger partial charge in [-0.25, -0.2) is 0 Å². The first kappa shape index (κ1) is 12.5. The molecule has 0 aromatic heterocycles. The monoisotopic (exact) mass is 234 g/mol. The van der Waals surface area contributed by atoms with Crippen molar-refractivity contribution in [3.63, 3.8) is 0 Å². The Morgan fingerprint density at radius 1 is 0.867 bits per heavy atom. The van der Waals surface area contributed by atoms with Crippen molar-refractivity contribution in [3.8, 4) is 0 Å². The third kappa shape index (κ3) is 3.47. The van der Waals surface area contributed by atoms with E-state index in [4.69, 9.17) is 0 Å². The molecule has 0 nitrogen and oxygen atoms in total. The number of benzene rings is 1. The molecule has 0 radical (unpaired) electrons. The van der Waals surface area contributed by atoms with Crippen LogP contribution < -0.4 is 0 Å². The van der Waals surface area contributed by atoms with Gasteiger partial charge in [0, 0.05) is 7.59 Å². The second kappa shape index (κ2) is 4.50. The summed E-state index contributed by atoms with van der Waals surface area (Å²) in [5, 5.41) is 0. The molecule has 0 N–H and O–H groups in total. The quantitative estimate of drug-likeness (QED) is 0.682. The Kier molecular flexibility index (Phi) is 3.73. The maximum Gasteiger partial charge on any atom is 0.0645 e. The molecule has 0 heterocycles. The van der Waals surface area contributed by atoms with Crippen molar-refractivity contribution < 1.29 is 0 Å². The van der Waals surface area contributed by atoms with Gasteiger partial charge in [0.25, 0.3) is 0 Å². The zero-order valence-electron chi connectivity index (χ0n) is 10.5. The van der Waals surface area contributed by atoms with E-state index >= 15 is 0 Å². The molecule has 1 rings (SSSR count). The maximum absolute atomic E-state index is 2.51. The second-order valence-corrected chi connectivity index (χ2v) is 22.4. The molecular weight excluding hydrogens is 212 g/mol. The highest BCUT2D eigenvalue weighted by atomic mass is 29.3. The smallest absolute Gasteiger partial charge is 0.0645 e. The third-order valence-corrected chi connectivity index (χ3v) is 20.4. The second-order valence-electron chi connectivity index (χ2n) is 5.72. The van der Waals surface area contributed by atoms with Gasteiger partial charge in [-0.3, -0.25) is 0 Å². The van der Waals surface area contributed by atoms with Crippen molar-refractivity contribution in [2.75, 3.05) is 0 Å². The Balaban J connectivity index is 2.83. The van der Waals surface area contributed by atoms with Crippen LogP contribution in [0, 0.1) is 0 Å². The van der Waals surface area contributed by atoms with Crippen LogP contribution in [0.25, 0.3) is 6.08 Å². The Hall–Kier alpha value is -0.606.